The second kappa shape index (κ2) is 4.41. The number of halogens is 3. The molecule has 2 aromatic rings. The molecular formula is C12H6Cl3O3P. The highest BCUT2D eigenvalue weighted by molar-refractivity contribution is 7.62. The molecule has 0 fully saturated rings. The molecule has 0 amide bonds. The van der Waals surface area contributed by atoms with Crippen LogP contribution < -0.4 is 9.83 Å². The van der Waals surface area contributed by atoms with Gasteiger partial charge in [0.2, 0.25) is 0 Å². The van der Waals surface area contributed by atoms with Crippen molar-refractivity contribution in [2.75, 3.05) is 0 Å². The van der Waals surface area contributed by atoms with Gasteiger partial charge in [-0.05, 0) is 24.3 Å². The summed E-state index contributed by atoms with van der Waals surface area (Å²) in [6.45, 7) is 0. The van der Waals surface area contributed by atoms with Gasteiger partial charge in [0.1, 0.15) is 0 Å². The van der Waals surface area contributed by atoms with Crippen molar-refractivity contribution >= 4 is 47.7 Å². The Bertz CT molecular complexity index is 745. The maximum absolute atomic E-state index is 12.2. The molecule has 1 aliphatic rings. The Hall–Kier alpha value is -0.700. The molecule has 7 heteroatoms. The van der Waals surface area contributed by atoms with Gasteiger partial charge in [0.15, 0.2) is 5.75 Å². The molecule has 1 unspecified atom stereocenters. The Morgan fingerprint density at radius 3 is 2.47 bits per heavy atom. The quantitative estimate of drug-likeness (QED) is 0.720. The molecule has 0 bridgehead atoms. The summed E-state index contributed by atoms with van der Waals surface area (Å²) in [7, 11) is -3.99. The van der Waals surface area contributed by atoms with Gasteiger partial charge in [0.05, 0.1) is 10.3 Å². The Kier molecular flexibility index (Phi) is 3.08. The second-order valence-corrected chi connectivity index (χ2v) is 7.02. The van der Waals surface area contributed by atoms with Crippen LogP contribution in [-0.4, -0.2) is 4.89 Å². The SMILES string of the molecule is O=P1(O)Oc2c(Cl)cc(Cl)cc2-c2ccc(Cl)cc21. The maximum atomic E-state index is 12.2. The van der Waals surface area contributed by atoms with E-state index in [9.17, 15) is 9.46 Å². The molecule has 1 atom stereocenters. The van der Waals surface area contributed by atoms with Gasteiger partial charge >= 0.3 is 7.60 Å². The normalized spacial score (nSPS) is 20.4. The standard InChI is InChI=1S/C12H6Cl3O3P/c13-6-1-2-8-9-3-7(14)4-10(15)12(9)18-19(16,17)11(8)5-6/h1-5H,(H,16,17). The number of hydrogen-bond donors (Lipinski definition) is 1. The first kappa shape index (κ1) is 13.3. The minimum atomic E-state index is -3.99. The van der Waals surface area contributed by atoms with Crippen LogP contribution in [0.1, 0.15) is 0 Å². The van der Waals surface area contributed by atoms with E-state index in [0.717, 1.165) is 0 Å². The Balaban J connectivity index is 2.40. The minimum absolute atomic E-state index is 0.144. The molecule has 98 valence electrons. The van der Waals surface area contributed by atoms with Crippen LogP contribution in [0.25, 0.3) is 11.1 Å². The van der Waals surface area contributed by atoms with Crippen LogP contribution in [0.2, 0.25) is 15.1 Å². The topological polar surface area (TPSA) is 46.5 Å². The summed E-state index contributed by atoms with van der Waals surface area (Å²) in [4.78, 5) is 9.97. The molecule has 1 N–H and O–H groups in total. The lowest BCUT2D eigenvalue weighted by molar-refractivity contribution is 0.392. The highest BCUT2D eigenvalue weighted by Crippen LogP contribution is 2.54. The summed E-state index contributed by atoms with van der Waals surface area (Å²) in [5.41, 5.74) is 1.12. The lowest BCUT2D eigenvalue weighted by atomic mass is 10.0. The predicted octanol–water partition coefficient (Wildman–Crippen LogP) is 4.52. The average Bonchev–Trinajstić information content (AvgIpc) is 2.31. The molecule has 0 aliphatic carbocycles. The smallest absolute Gasteiger partial charge is 0.408 e. The van der Waals surface area contributed by atoms with Gasteiger partial charge in [-0.15, -0.1) is 0 Å². The van der Waals surface area contributed by atoms with Crippen molar-refractivity contribution in [2.24, 2.45) is 0 Å². The van der Waals surface area contributed by atoms with Gasteiger partial charge in [-0.3, -0.25) is 0 Å². The van der Waals surface area contributed by atoms with Crippen molar-refractivity contribution < 1.29 is 14.0 Å². The molecule has 1 heterocycles. The van der Waals surface area contributed by atoms with Crippen LogP contribution in [0.15, 0.2) is 30.3 Å². The van der Waals surface area contributed by atoms with E-state index in [1.54, 1.807) is 18.2 Å². The summed E-state index contributed by atoms with van der Waals surface area (Å²) >= 11 is 17.8. The van der Waals surface area contributed by atoms with E-state index in [1.165, 1.54) is 12.1 Å². The molecule has 0 aromatic heterocycles. The fourth-order valence-electron chi connectivity index (χ4n) is 1.99. The molecule has 3 nitrogen and oxygen atoms in total. The molecule has 2 aromatic carbocycles. The zero-order valence-electron chi connectivity index (χ0n) is 9.23. The highest BCUT2D eigenvalue weighted by Gasteiger charge is 2.36. The van der Waals surface area contributed by atoms with Crippen molar-refractivity contribution in [1.82, 2.24) is 0 Å². The first-order valence-corrected chi connectivity index (χ1v) is 7.91. The fraction of sp³-hybridized carbons (Fsp3) is 0. The molecule has 1 aliphatic heterocycles. The van der Waals surface area contributed by atoms with E-state index in [4.69, 9.17) is 39.3 Å². The summed E-state index contributed by atoms with van der Waals surface area (Å²) in [6, 6.07) is 7.78. The van der Waals surface area contributed by atoms with E-state index in [0.29, 0.717) is 21.2 Å². The molecular weight excluding hydrogens is 329 g/mol. The highest BCUT2D eigenvalue weighted by atomic mass is 35.5. The van der Waals surface area contributed by atoms with Gasteiger partial charge < -0.3 is 9.42 Å². The Morgan fingerprint density at radius 2 is 1.74 bits per heavy atom. The van der Waals surface area contributed by atoms with E-state index in [2.05, 4.69) is 0 Å². The summed E-state index contributed by atoms with van der Waals surface area (Å²) in [5, 5.41) is 1.11. The van der Waals surface area contributed by atoms with E-state index < -0.39 is 7.60 Å². The first-order valence-electron chi connectivity index (χ1n) is 5.20. The van der Waals surface area contributed by atoms with Crippen molar-refractivity contribution in [1.29, 1.82) is 0 Å². The fourth-order valence-corrected chi connectivity index (χ4v) is 4.17. The lowest BCUT2D eigenvalue weighted by Crippen LogP contribution is -2.17. The Morgan fingerprint density at radius 1 is 1.00 bits per heavy atom. The van der Waals surface area contributed by atoms with Gasteiger partial charge in [-0.1, -0.05) is 40.9 Å². The third-order valence-corrected chi connectivity index (χ3v) is 4.92. The summed E-state index contributed by atoms with van der Waals surface area (Å²) in [6.07, 6.45) is 0. The number of fused-ring (bicyclic) bond motifs is 3. The molecule has 3 rings (SSSR count). The molecule has 0 radical (unpaired) electrons. The van der Waals surface area contributed by atoms with Crippen LogP contribution in [0.4, 0.5) is 0 Å². The first-order chi connectivity index (χ1) is 8.88. The van der Waals surface area contributed by atoms with Crippen molar-refractivity contribution in [3.05, 3.63) is 45.4 Å². The zero-order chi connectivity index (χ0) is 13.8. The minimum Gasteiger partial charge on any atom is -0.419 e. The maximum Gasteiger partial charge on any atom is 0.408 e. The molecule has 0 saturated carbocycles. The van der Waals surface area contributed by atoms with Crippen LogP contribution in [0, 0.1) is 0 Å². The third-order valence-electron chi connectivity index (χ3n) is 2.78. The van der Waals surface area contributed by atoms with Gasteiger partial charge in [-0.2, -0.15) is 0 Å². The van der Waals surface area contributed by atoms with Gasteiger partial charge in [0, 0.05) is 21.2 Å². The average molecular weight is 336 g/mol. The number of benzene rings is 2. The van der Waals surface area contributed by atoms with Crippen LogP contribution in [0.3, 0.4) is 0 Å². The predicted molar refractivity (Wildman–Crippen MR) is 77.0 cm³/mol. The zero-order valence-corrected chi connectivity index (χ0v) is 12.4. The Labute approximate surface area is 124 Å². The lowest BCUT2D eigenvalue weighted by Gasteiger charge is -2.25. The largest absolute Gasteiger partial charge is 0.419 e. The number of hydrogen-bond acceptors (Lipinski definition) is 2. The number of rotatable bonds is 0. The van der Waals surface area contributed by atoms with Crippen molar-refractivity contribution in [2.45, 2.75) is 0 Å². The second-order valence-electron chi connectivity index (χ2n) is 4.04. The van der Waals surface area contributed by atoms with E-state index >= 15 is 0 Å². The van der Waals surface area contributed by atoms with Crippen LogP contribution in [-0.2, 0) is 4.57 Å². The molecule has 19 heavy (non-hydrogen) atoms. The van der Waals surface area contributed by atoms with Crippen LogP contribution in [0.5, 0.6) is 5.75 Å². The molecule has 0 saturated heterocycles. The summed E-state index contributed by atoms with van der Waals surface area (Å²) < 4.78 is 17.3. The molecule has 0 spiro atoms. The van der Waals surface area contributed by atoms with Crippen molar-refractivity contribution in [3.8, 4) is 16.9 Å². The van der Waals surface area contributed by atoms with Gasteiger partial charge in [-0.25, -0.2) is 4.57 Å². The van der Waals surface area contributed by atoms with Crippen LogP contribution >= 0.6 is 42.4 Å². The third kappa shape index (κ3) is 2.16. The van der Waals surface area contributed by atoms with Crippen molar-refractivity contribution in [3.63, 3.8) is 0 Å². The van der Waals surface area contributed by atoms with Gasteiger partial charge in [0.25, 0.3) is 0 Å². The summed E-state index contributed by atoms with van der Waals surface area (Å²) in [5.74, 6) is 0.159. The van der Waals surface area contributed by atoms with E-state index in [1.807, 2.05) is 0 Å². The van der Waals surface area contributed by atoms with E-state index in [-0.39, 0.29) is 16.1 Å². The monoisotopic (exact) mass is 334 g/mol.